The van der Waals surface area contributed by atoms with Gasteiger partial charge in [0.25, 0.3) is 0 Å². The Balaban J connectivity index is 1.70. The Kier molecular flexibility index (Phi) is 3.82. The van der Waals surface area contributed by atoms with Crippen molar-refractivity contribution in [2.45, 2.75) is 0 Å². The molecule has 4 aromatic rings. The Labute approximate surface area is 148 Å². The van der Waals surface area contributed by atoms with Crippen molar-refractivity contribution in [2.24, 2.45) is 0 Å². The Hall–Kier alpha value is -3.73. The quantitative estimate of drug-likeness (QED) is 0.564. The molecule has 0 aliphatic carbocycles. The summed E-state index contributed by atoms with van der Waals surface area (Å²) in [7, 11) is 0. The van der Waals surface area contributed by atoms with Gasteiger partial charge in [-0.25, -0.2) is 0 Å². The molecule has 0 saturated carbocycles. The minimum absolute atomic E-state index is 0.0376. The molecule has 128 valence electrons. The van der Waals surface area contributed by atoms with E-state index in [1.54, 1.807) is 24.3 Å². The van der Waals surface area contributed by atoms with Crippen molar-refractivity contribution < 1.29 is 19.4 Å². The van der Waals surface area contributed by atoms with Crippen LogP contribution in [0.2, 0.25) is 0 Å². The lowest BCUT2D eigenvalue weighted by Crippen LogP contribution is -2.00. The number of hydrogen-bond acceptors (Lipinski definition) is 5. The summed E-state index contributed by atoms with van der Waals surface area (Å²) in [5.41, 5.74) is 0.408. The molecule has 1 aromatic heterocycles. The van der Waals surface area contributed by atoms with Gasteiger partial charge in [0.05, 0.1) is 0 Å². The number of hydrogen-bond donors (Lipinski definition) is 2. The van der Waals surface area contributed by atoms with Crippen LogP contribution in [0, 0.1) is 0 Å². The molecule has 0 amide bonds. The summed E-state index contributed by atoms with van der Waals surface area (Å²) < 4.78 is 11.4. The lowest BCUT2D eigenvalue weighted by molar-refractivity contribution is 0.452. The summed E-state index contributed by atoms with van der Waals surface area (Å²) in [4.78, 5) is 12.3. The van der Waals surface area contributed by atoms with Crippen LogP contribution in [0.15, 0.2) is 82.0 Å². The second kappa shape index (κ2) is 6.29. The molecule has 4 rings (SSSR count). The average molecular weight is 346 g/mol. The van der Waals surface area contributed by atoms with Crippen molar-refractivity contribution in [1.82, 2.24) is 0 Å². The second-order valence-electron chi connectivity index (χ2n) is 5.75. The molecule has 0 spiro atoms. The van der Waals surface area contributed by atoms with Crippen LogP contribution < -0.4 is 10.2 Å². The number of phenolic OH excluding ortho intramolecular Hbond substituents is 2. The minimum Gasteiger partial charge on any atom is -0.508 e. The monoisotopic (exact) mass is 346 g/mol. The normalized spacial score (nSPS) is 10.8. The fraction of sp³-hybridized carbons (Fsp3) is 0. The van der Waals surface area contributed by atoms with Gasteiger partial charge in [0.2, 0.25) is 0 Å². The molecule has 0 unspecified atom stereocenters. The van der Waals surface area contributed by atoms with Crippen molar-refractivity contribution in [3.8, 4) is 34.3 Å². The number of para-hydroxylation sites is 1. The molecule has 0 radical (unpaired) electrons. The third-order valence-corrected chi connectivity index (χ3v) is 3.91. The molecule has 2 N–H and O–H groups in total. The van der Waals surface area contributed by atoms with E-state index in [9.17, 15) is 15.0 Å². The molecular weight excluding hydrogens is 332 g/mol. The Morgan fingerprint density at radius 2 is 1.50 bits per heavy atom. The van der Waals surface area contributed by atoms with Gasteiger partial charge in [-0.05, 0) is 36.4 Å². The van der Waals surface area contributed by atoms with Crippen LogP contribution >= 0.6 is 0 Å². The average Bonchev–Trinajstić information content (AvgIpc) is 2.62. The van der Waals surface area contributed by atoms with Gasteiger partial charge in [0.1, 0.15) is 39.7 Å². The van der Waals surface area contributed by atoms with Gasteiger partial charge in [0, 0.05) is 23.8 Å². The molecule has 0 saturated heterocycles. The molecule has 1 heterocycles. The third-order valence-electron chi connectivity index (χ3n) is 3.91. The molecule has 26 heavy (non-hydrogen) atoms. The van der Waals surface area contributed by atoms with Crippen LogP contribution in [-0.2, 0) is 0 Å². The number of benzene rings is 3. The van der Waals surface area contributed by atoms with Crippen LogP contribution in [0.25, 0.3) is 22.3 Å². The highest BCUT2D eigenvalue weighted by molar-refractivity contribution is 5.86. The van der Waals surface area contributed by atoms with Crippen LogP contribution in [-0.4, -0.2) is 10.2 Å². The van der Waals surface area contributed by atoms with E-state index in [-0.39, 0.29) is 27.9 Å². The summed E-state index contributed by atoms with van der Waals surface area (Å²) in [6.45, 7) is 0. The molecule has 0 atom stereocenters. The second-order valence-corrected chi connectivity index (χ2v) is 5.75. The molecule has 0 fully saturated rings. The van der Waals surface area contributed by atoms with E-state index >= 15 is 0 Å². The van der Waals surface area contributed by atoms with Gasteiger partial charge in [-0.1, -0.05) is 18.2 Å². The Bertz CT molecular complexity index is 1130. The zero-order valence-electron chi connectivity index (χ0n) is 13.5. The lowest BCUT2D eigenvalue weighted by Gasteiger charge is -2.07. The third kappa shape index (κ3) is 2.98. The van der Waals surface area contributed by atoms with Gasteiger partial charge in [-0.3, -0.25) is 4.79 Å². The molecular formula is C21H14O5. The number of fused-ring (bicyclic) bond motifs is 1. The highest BCUT2D eigenvalue weighted by atomic mass is 16.5. The fourth-order valence-electron chi connectivity index (χ4n) is 2.71. The molecule has 5 heteroatoms. The lowest BCUT2D eigenvalue weighted by atomic mass is 10.1. The van der Waals surface area contributed by atoms with Crippen LogP contribution in [0.1, 0.15) is 0 Å². The smallest absolute Gasteiger partial charge is 0.197 e. The first-order chi connectivity index (χ1) is 12.6. The summed E-state index contributed by atoms with van der Waals surface area (Å²) in [6.07, 6.45) is 0. The first-order valence-electron chi connectivity index (χ1n) is 7.93. The maximum atomic E-state index is 12.3. The Morgan fingerprint density at radius 1 is 0.808 bits per heavy atom. The number of phenols is 2. The van der Waals surface area contributed by atoms with Crippen LogP contribution in [0.3, 0.4) is 0 Å². The van der Waals surface area contributed by atoms with E-state index in [2.05, 4.69) is 0 Å². The first kappa shape index (κ1) is 15.8. The summed E-state index contributed by atoms with van der Waals surface area (Å²) in [5.74, 6) is 1.22. The summed E-state index contributed by atoms with van der Waals surface area (Å²) in [5, 5.41) is 19.5. The van der Waals surface area contributed by atoms with E-state index in [1.807, 2.05) is 30.3 Å². The summed E-state index contributed by atoms with van der Waals surface area (Å²) in [6, 6.07) is 20.2. The van der Waals surface area contributed by atoms with Crippen molar-refractivity contribution in [3.05, 3.63) is 83.0 Å². The molecule has 3 aromatic carbocycles. The van der Waals surface area contributed by atoms with E-state index in [0.717, 1.165) is 11.8 Å². The van der Waals surface area contributed by atoms with Gasteiger partial charge in [-0.15, -0.1) is 0 Å². The van der Waals surface area contributed by atoms with Crippen molar-refractivity contribution in [1.29, 1.82) is 0 Å². The van der Waals surface area contributed by atoms with Crippen LogP contribution in [0.4, 0.5) is 0 Å². The van der Waals surface area contributed by atoms with Crippen molar-refractivity contribution in [3.63, 3.8) is 0 Å². The van der Waals surface area contributed by atoms with Gasteiger partial charge in [0.15, 0.2) is 5.43 Å². The molecule has 0 aliphatic heterocycles. The topological polar surface area (TPSA) is 79.9 Å². The number of aromatic hydroxyl groups is 2. The zero-order valence-corrected chi connectivity index (χ0v) is 13.5. The predicted molar refractivity (Wildman–Crippen MR) is 97.8 cm³/mol. The molecule has 0 aliphatic rings. The highest BCUT2D eigenvalue weighted by Gasteiger charge is 2.12. The van der Waals surface area contributed by atoms with E-state index < -0.39 is 0 Å². The number of ether oxygens (including phenoxy) is 1. The maximum Gasteiger partial charge on any atom is 0.197 e. The van der Waals surface area contributed by atoms with Gasteiger partial charge >= 0.3 is 0 Å². The van der Waals surface area contributed by atoms with Gasteiger partial charge in [-0.2, -0.15) is 0 Å². The number of rotatable bonds is 3. The largest absolute Gasteiger partial charge is 0.508 e. The van der Waals surface area contributed by atoms with E-state index in [4.69, 9.17) is 9.15 Å². The standard InChI is InChI=1S/C21H14O5/c22-14-10-17(23)21-18(24)12-19(26-20(21)11-14)13-6-8-16(9-7-13)25-15-4-2-1-3-5-15/h1-12,22-23H. The van der Waals surface area contributed by atoms with Crippen LogP contribution in [0.5, 0.6) is 23.0 Å². The van der Waals surface area contributed by atoms with Crippen molar-refractivity contribution >= 4 is 11.0 Å². The molecule has 0 bridgehead atoms. The maximum absolute atomic E-state index is 12.3. The zero-order chi connectivity index (χ0) is 18.1. The van der Waals surface area contributed by atoms with Gasteiger partial charge < -0.3 is 19.4 Å². The first-order valence-corrected chi connectivity index (χ1v) is 7.93. The Morgan fingerprint density at radius 3 is 2.23 bits per heavy atom. The van der Waals surface area contributed by atoms with E-state index in [0.29, 0.717) is 17.1 Å². The molecule has 5 nitrogen and oxygen atoms in total. The van der Waals surface area contributed by atoms with E-state index in [1.165, 1.54) is 12.1 Å². The minimum atomic E-state index is -0.386. The highest BCUT2D eigenvalue weighted by Crippen LogP contribution is 2.31. The fourth-order valence-corrected chi connectivity index (χ4v) is 2.71. The SMILES string of the molecule is O=c1cc(-c2ccc(Oc3ccccc3)cc2)oc2cc(O)cc(O)c12. The predicted octanol–water partition coefficient (Wildman–Crippen LogP) is 4.66. The summed E-state index contributed by atoms with van der Waals surface area (Å²) >= 11 is 0. The van der Waals surface area contributed by atoms with Crippen molar-refractivity contribution in [2.75, 3.05) is 0 Å².